The normalized spacial score (nSPS) is 13.9. The van der Waals surface area contributed by atoms with Crippen molar-refractivity contribution in [3.63, 3.8) is 0 Å². The predicted octanol–water partition coefficient (Wildman–Crippen LogP) is -2.61. The van der Waals surface area contributed by atoms with E-state index in [0.717, 1.165) is 0 Å². The molecule has 0 saturated heterocycles. The summed E-state index contributed by atoms with van der Waals surface area (Å²) in [5.74, 6) is -4.85. The Labute approximate surface area is 161 Å². The minimum Gasteiger partial charge on any atom is -0.481 e. The number of carboxylic acids is 2. The van der Waals surface area contributed by atoms with E-state index in [1.807, 2.05) is 13.8 Å². The van der Waals surface area contributed by atoms with Crippen LogP contribution in [-0.4, -0.2) is 76.3 Å². The number of hydrogen-bond donors (Lipinski definition) is 7. The maximum atomic E-state index is 12.0. The molecule has 0 aromatic carbocycles. The zero-order valence-corrected chi connectivity index (χ0v) is 15.8. The second-order valence-electron chi connectivity index (χ2n) is 6.59. The standard InChI is InChI=1S/C16H28N4O8/c1-8(2)5-9(17)14(25)20-11(7-21)15(26)18-6-12(22)19-10(16(27)28)3-4-13(23)24/h8-11,21H,3-7,17H2,1-2H3,(H,18,26)(H,19,22)(H,20,25)(H,23,24)(H,27,28). The van der Waals surface area contributed by atoms with Crippen LogP contribution < -0.4 is 21.7 Å². The topological polar surface area (TPSA) is 208 Å². The van der Waals surface area contributed by atoms with E-state index in [0.29, 0.717) is 6.42 Å². The van der Waals surface area contributed by atoms with Crippen LogP contribution in [0.3, 0.4) is 0 Å². The van der Waals surface area contributed by atoms with Gasteiger partial charge in [-0.25, -0.2) is 4.79 Å². The predicted molar refractivity (Wildman–Crippen MR) is 95.9 cm³/mol. The Bertz CT molecular complexity index is 581. The van der Waals surface area contributed by atoms with Gasteiger partial charge >= 0.3 is 11.9 Å². The Balaban J connectivity index is 4.57. The smallest absolute Gasteiger partial charge is 0.326 e. The summed E-state index contributed by atoms with van der Waals surface area (Å²) >= 11 is 0. The van der Waals surface area contributed by atoms with E-state index in [1.54, 1.807) is 0 Å². The Morgan fingerprint density at radius 1 is 0.964 bits per heavy atom. The summed E-state index contributed by atoms with van der Waals surface area (Å²) in [6.07, 6.45) is -0.410. The summed E-state index contributed by atoms with van der Waals surface area (Å²) in [7, 11) is 0. The minimum atomic E-state index is -1.43. The highest BCUT2D eigenvalue weighted by molar-refractivity contribution is 5.92. The van der Waals surface area contributed by atoms with E-state index in [2.05, 4.69) is 16.0 Å². The number of amides is 3. The number of aliphatic carboxylic acids is 2. The first-order valence-corrected chi connectivity index (χ1v) is 8.66. The summed E-state index contributed by atoms with van der Waals surface area (Å²) in [5.41, 5.74) is 5.69. The number of carboxylic acid groups (broad SMARTS) is 2. The highest BCUT2D eigenvalue weighted by Gasteiger charge is 2.25. The van der Waals surface area contributed by atoms with Gasteiger partial charge in [-0.15, -0.1) is 0 Å². The molecule has 0 radical (unpaired) electrons. The zero-order chi connectivity index (χ0) is 21.9. The molecular weight excluding hydrogens is 376 g/mol. The van der Waals surface area contributed by atoms with Crippen molar-refractivity contribution in [1.82, 2.24) is 16.0 Å². The van der Waals surface area contributed by atoms with E-state index in [1.165, 1.54) is 0 Å². The van der Waals surface area contributed by atoms with Gasteiger partial charge in [0, 0.05) is 6.42 Å². The van der Waals surface area contributed by atoms with Crippen LogP contribution in [0, 0.1) is 5.92 Å². The van der Waals surface area contributed by atoms with Crippen molar-refractivity contribution in [1.29, 1.82) is 0 Å². The number of nitrogens with two attached hydrogens (primary N) is 1. The van der Waals surface area contributed by atoms with Crippen molar-refractivity contribution in [2.24, 2.45) is 11.7 Å². The van der Waals surface area contributed by atoms with Gasteiger partial charge in [0.2, 0.25) is 17.7 Å². The summed E-state index contributed by atoms with van der Waals surface area (Å²) in [6, 6.07) is -3.63. The van der Waals surface area contributed by atoms with Crippen LogP contribution in [0.4, 0.5) is 0 Å². The molecule has 3 amide bonds. The molecule has 0 saturated carbocycles. The summed E-state index contributed by atoms with van der Waals surface area (Å²) in [6.45, 7) is 2.37. The molecule has 0 fully saturated rings. The van der Waals surface area contributed by atoms with Crippen LogP contribution in [0.5, 0.6) is 0 Å². The lowest BCUT2D eigenvalue weighted by atomic mass is 10.0. The number of rotatable bonds is 13. The SMILES string of the molecule is CC(C)CC(N)C(=O)NC(CO)C(=O)NCC(=O)NC(CCC(=O)O)C(=O)O. The fourth-order valence-corrected chi connectivity index (χ4v) is 2.15. The van der Waals surface area contributed by atoms with Gasteiger partial charge in [-0.2, -0.15) is 0 Å². The molecule has 12 nitrogen and oxygen atoms in total. The lowest BCUT2D eigenvalue weighted by Crippen LogP contribution is -2.55. The highest BCUT2D eigenvalue weighted by atomic mass is 16.4. The Kier molecular flexibility index (Phi) is 11.4. The van der Waals surface area contributed by atoms with E-state index < -0.39 is 67.4 Å². The third-order valence-electron chi connectivity index (χ3n) is 3.58. The Morgan fingerprint density at radius 3 is 2.04 bits per heavy atom. The lowest BCUT2D eigenvalue weighted by molar-refractivity contribution is -0.143. The number of aliphatic hydroxyl groups excluding tert-OH is 1. The van der Waals surface area contributed by atoms with E-state index in [9.17, 15) is 29.1 Å². The van der Waals surface area contributed by atoms with E-state index >= 15 is 0 Å². The maximum absolute atomic E-state index is 12.0. The van der Waals surface area contributed by atoms with Crippen molar-refractivity contribution in [2.75, 3.05) is 13.2 Å². The van der Waals surface area contributed by atoms with Gasteiger partial charge in [-0.1, -0.05) is 13.8 Å². The molecule has 3 unspecified atom stereocenters. The molecule has 28 heavy (non-hydrogen) atoms. The Morgan fingerprint density at radius 2 is 1.57 bits per heavy atom. The van der Waals surface area contributed by atoms with Gasteiger partial charge in [0.05, 0.1) is 19.2 Å². The molecule has 0 aromatic heterocycles. The monoisotopic (exact) mass is 404 g/mol. The molecule has 0 bridgehead atoms. The number of nitrogens with one attached hydrogen (secondary N) is 3. The molecule has 0 rings (SSSR count). The van der Waals surface area contributed by atoms with Gasteiger partial charge in [0.1, 0.15) is 12.1 Å². The van der Waals surface area contributed by atoms with Gasteiger partial charge in [0.15, 0.2) is 0 Å². The average Bonchev–Trinajstić information content (AvgIpc) is 2.59. The molecule has 3 atom stereocenters. The van der Waals surface area contributed by atoms with Gasteiger partial charge < -0.3 is 37.0 Å². The number of carbonyl (C=O) groups is 5. The zero-order valence-electron chi connectivity index (χ0n) is 15.8. The van der Waals surface area contributed by atoms with Crippen LogP contribution in [-0.2, 0) is 24.0 Å². The van der Waals surface area contributed by atoms with Crippen molar-refractivity contribution < 1.29 is 39.3 Å². The number of aliphatic hydroxyl groups is 1. The molecule has 8 N–H and O–H groups in total. The van der Waals surface area contributed by atoms with Crippen LogP contribution in [0.2, 0.25) is 0 Å². The molecule has 160 valence electrons. The van der Waals surface area contributed by atoms with Crippen molar-refractivity contribution in [2.45, 2.75) is 51.2 Å². The quantitative estimate of drug-likeness (QED) is 0.171. The van der Waals surface area contributed by atoms with Gasteiger partial charge in [0.25, 0.3) is 0 Å². The van der Waals surface area contributed by atoms with Gasteiger partial charge in [-0.3, -0.25) is 19.2 Å². The first-order chi connectivity index (χ1) is 13.0. The number of carbonyl (C=O) groups excluding carboxylic acids is 3. The second-order valence-corrected chi connectivity index (χ2v) is 6.59. The highest BCUT2D eigenvalue weighted by Crippen LogP contribution is 2.03. The molecule has 0 aromatic rings. The molecule has 0 aliphatic carbocycles. The molecule has 12 heteroatoms. The first-order valence-electron chi connectivity index (χ1n) is 8.66. The number of hydrogen-bond acceptors (Lipinski definition) is 7. The first kappa shape index (κ1) is 25.3. The van der Waals surface area contributed by atoms with Crippen LogP contribution in [0.1, 0.15) is 33.1 Å². The fourth-order valence-electron chi connectivity index (χ4n) is 2.15. The Hall–Kier alpha value is -2.73. The molecule has 0 spiro atoms. The van der Waals surface area contributed by atoms with Crippen LogP contribution in [0.25, 0.3) is 0 Å². The van der Waals surface area contributed by atoms with Gasteiger partial charge in [-0.05, 0) is 18.8 Å². The van der Waals surface area contributed by atoms with Crippen molar-refractivity contribution in [3.8, 4) is 0 Å². The summed E-state index contributed by atoms with van der Waals surface area (Å²) in [4.78, 5) is 57.2. The molecule has 0 aliphatic rings. The van der Waals surface area contributed by atoms with E-state index in [-0.39, 0.29) is 12.3 Å². The fraction of sp³-hybridized carbons (Fsp3) is 0.688. The third kappa shape index (κ3) is 10.4. The third-order valence-corrected chi connectivity index (χ3v) is 3.58. The molecular formula is C16H28N4O8. The largest absolute Gasteiger partial charge is 0.481 e. The molecule has 0 aliphatic heterocycles. The van der Waals surface area contributed by atoms with Crippen molar-refractivity contribution >= 4 is 29.7 Å². The average molecular weight is 404 g/mol. The maximum Gasteiger partial charge on any atom is 0.326 e. The van der Waals surface area contributed by atoms with Crippen LogP contribution in [0.15, 0.2) is 0 Å². The second kappa shape index (κ2) is 12.6. The summed E-state index contributed by atoms with van der Waals surface area (Å²) < 4.78 is 0. The van der Waals surface area contributed by atoms with Crippen molar-refractivity contribution in [3.05, 3.63) is 0 Å². The lowest BCUT2D eigenvalue weighted by Gasteiger charge is -2.20. The minimum absolute atomic E-state index is 0.147. The van der Waals surface area contributed by atoms with Crippen LogP contribution >= 0.6 is 0 Å². The summed E-state index contributed by atoms with van der Waals surface area (Å²) in [5, 5.41) is 33.3. The van der Waals surface area contributed by atoms with E-state index in [4.69, 9.17) is 15.9 Å². The molecule has 0 heterocycles.